The van der Waals surface area contributed by atoms with Gasteiger partial charge in [-0.1, -0.05) is 36.4 Å². The highest BCUT2D eigenvalue weighted by atomic mass is 19.1. The average Bonchev–Trinajstić information content (AvgIpc) is 4.14. The Morgan fingerprint density at radius 1 is 0.603 bits per heavy atom. The van der Waals surface area contributed by atoms with Crippen LogP contribution in [0.5, 0.6) is 0 Å². The lowest BCUT2D eigenvalue weighted by atomic mass is 10.0. The largest absolute Gasteiger partial charge is 0.359 e. The quantitative estimate of drug-likeness (QED) is 0.155. The number of fused-ring (bicyclic) bond motifs is 2. The minimum absolute atomic E-state index is 0.0645. The van der Waals surface area contributed by atoms with Gasteiger partial charge in [0.2, 0.25) is 5.82 Å². The Kier molecular flexibility index (Phi) is 11.6. The van der Waals surface area contributed by atoms with Crippen molar-refractivity contribution in [1.29, 1.82) is 5.26 Å². The molecule has 7 aromatic rings. The molecule has 2 saturated heterocycles. The Balaban J connectivity index is 0.000000174. The maximum Gasteiger partial charge on any atom is 0.295 e. The maximum atomic E-state index is 14.6. The van der Waals surface area contributed by atoms with E-state index in [0.717, 1.165) is 12.3 Å². The standard InChI is InChI=1S/C22H17FN4O3.C21H17FN8O3/c23-17-7-6-15(12-24)19-18(17)16(13-25-19)20(28)22(30)27-10-8-26(9-11-27)21(29)14-4-2-1-3-5-14;22-14-11-24-17(19-25-27-28-26-19)16-15(14)13(10-23-16)18(31)21(33)30-8-6-29(7-9-30)20(32)12-4-2-1-3-5-12/h1-7,13,25H,8-11H2;1-5,10-11,23H,6-9H2,(H,25,26,27,28). The van der Waals surface area contributed by atoms with Gasteiger partial charge in [-0.15, -0.1) is 10.2 Å². The first-order chi connectivity index (χ1) is 30.5. The summed E-state index contributed by atoms with van der Waals surface area (Å²) in [5.74, 6) is -4.80. The molecule has 0 atom stereocenters. The van der Waals surface area contributed by atoms with E-state index in [4.69, 9.17) is 5.26 Å². The number of amides is 4. The second kappa shape index (κ2) is 17.6. The smallest absolute Gasteiger partial charge is 0.295 e. The van der Waals surface area contributed by atoms with E-state index in [1.807, 2.05) is 18.2 Å². The third kappa shape index (κ3) is 8.09. The third-order valence-electron chi connectivity index (χ3n) is 10.8. The number of aromatic nitrogens is 7. The van der Waals surface area contributed by atoms with Crippen molar-refractivity contribution in [3.63, 3.8) is 0 Å². The molecule has 6 heterocycles. The molecule has 0 radical (unpaired) electrons. The average molecular weight is 853 g/mol. The first-order valence-electron chi connectivity index (χ1n) is 19.5. The van der Waals surface area contributed by atoms with Crippen molar-refractivity contribution in [3.05, 3.63) is 131 Å². The number of rotatable bonds is 7. The van der Waals surface area contributed by atoms with Gasteiger partial charge in [0.15, 0.2) is 5.82 Å². The molecular weight excluding hydrogens is 819 g/mol. The molecule has 0 bridgehead atoms. The SMILES string of the molecule is N#Cc1ccc(F)c2c(C(=O)C(=O)N3CCN(C(=O)c4ccccc4)CC3)c[nH]c12.O=C(C(=O)N1CCN(C(=O)c2ccccc2)CC1)c1c[nH]c2c(-c3nn[nH]n3)ncc(F)c12. The van der Waals surface area contributed by atoms with Gasteiger partial charge in [0, 0.05) is 81.3 Å². The molecule has 0 saturated carbocycles. The summed E-state index contributed by atoms with van der Waals surface area (Å²) in [7, 11) is 0. The molecule has 18 nitrogen and oxygen atoms in total. The number of nitrogens with one attached hydrogen (secondary N) is 3. The fourth-order valence-corrected chi connectivity index (χ4v) is 7.47. The van der Waals surface area contributed by atoms with Crippen molar-refractivity contribution < 1.29 is 37.5 Å². The van der Waals surface area contributed by atoms with Crippen molar-refractivity contribution in [1.82, 2.24) is 55.2 Å². The number of tetrazole rings is 1. The first-order valence-corrected chi connectivity index (χ1v) is 19.5. The lowest BCUT2D eigenvalue weighted by Crippen LogP contribution is -2.52. The van der Waals surface area contributed by atoms with E-state index in [0.29, 0.717) is 37.3 Å². The Morgan fingerprint density at radius 3 is 1.56 bits per heavy atom. The van der Waals surface area contributed by atoms with E-state index in [2.05, 4.69) is 35.6 Å². The second-order valence-corrected chi connectivity index (χ2v) is 14.4. The van der Waals surface area contributed by atoms with Gasteiger partial charge in [0.25, 0.3) is 35.2 Å². The van der Waals surface area contributed by atoms with Gasteiger partial charge in [0.1, 0.15) is 17.6 Å². The maximum absolute atomic E-state index is 14.6. The molecule has 2 aliphatic heterocycles. The van der Waals surface area contributed by atoms with Gasteiger partial charge in [0.05, 0.1) is 39.3 Å². The number of nitrogens with zero attached hydrogens (tertiary/aromatic N) is 9. The number of pyridine rings is 1. The van der Waals surface area contributed by atoms with Gasteiger partial charge in [-0.2, -0.15) is 10.5 Å². The number of benzene rings is 3. The summed E-state index contributed by atoms with van der Waals surface area (Å²) >= 11 is 0. The highest BCUT2D eigenvalue weighted by molar-refractivity contribution is 6.45. The molecule has 3 aromatic carbocycles. The van der Waals surface area contributed by atoms with Crippen molar-refractivity contribution in [3.8, 4) is 17.6 Å². The number of H-pyrrole nitrogens is 3. The Labute approximate surface area is 355 Å². The fraction of sp³-hybridized carbons (Fsp3) is 0.186. The third-order valence-corrected chi connectivity index (χ3v) is 10.8. The summed E-state index contributed by atoms with van der Waals surface area (Å²) in [5.41, 5.74) is 1.67. The molecule has 0 unspecified atom stereocenters. The zero-order valence-corrected chi connectivity index (χ0v) is 33.0. The minimum Gasteiger partial charge on any atom is -0.359 e. The van der Waals surface area contributed by atoms with Crippen molar-refractivity contribution in [2.24, 2.45) is 0 Å². The highest BCUT2D eigenvalue weighted by Crippen LogP contribution is 2.29. The van der Waals surface area contributed by atoms with E-state index in [1.54, 1.807) is 58.3 Å². The number of Topliss-reactive ketones (excluding diaryl/α,β-unsaturated/α-hetero) is 2. The molecule has 0 aliphatic carbocycles. The monoisotopic (exact) mass is 852 g/mol. The van der Waals surface area contributed by atoms with Gasteiger partial charge in [-0.05, 0) is 41.6 Å². The molecule has 3 N–H and O–H groups in total. The molecule has 2 aliphatic rings. The predicted octanol–water partition coefficient (Wildman–Crippen LogP) is 3.40. The van der Waals surface area contributed by atoms with Crippen LogP contribution in [0.3, 0.4) is 0 Å². The Morgan fingerprint density at radius 2 is 1.08 bits per heavy atom. The minimum atomic E-state index is -0.853. The zero-order valence-electron chi connectivity index (χ0n) is 33.0. The van der Waals surface area contributed by atoms with E-state index in [1.165, 1.54) is 28.3 Å². The van der Waals surface area contributed by atoms with Crippen LogP contribution in [0.2, 0.25) is 0 Å². The van der Waals surface area contributed by atoms with Gasteiger partial charge in [-0.3, -0.25) is 28.8 Å². The van der Waals surface area contributed by atoms with Gasteiger partial charge >= 0.3 is 0 Å². The van der Waals surface area contributed by atoms with E-state index < -0.39 is 35.0 Å². The molecule has 0 spiro atoms. The zero-order chi connectivity index (χ0) is 44.2. The van der Waals surface area contributed by atoms with E-state index in [-0.39, 0.29) is 88.0 Å². The predicted molar refractivity (Wildman–Crippen MR) is 219 cm³/mol. The summed E-state index contributed by atoms with van der Waals surface area (Å²) in [6.07, 6.45) is 3.47. The van der Waals surface area contributed by atoms with Crippen LogP contribution >= 0.6 is 0 Å². The second-order valence-electron chi connectivity index (χ2n) is 14.4. The number of nitriles is 1. The van der Waals surface area contributed by atoms with Crippen LogP contribution < -0.4 is 0 Å². The number of hydrogen-bond acceptors (Lipinski definition) is 11. The highest BCUT2D eigenvalue weighted by Gasteiger charge is 2.33. The molecule has 9 rings (SSSR count). The molecular formula is C43H34F2N12O6. The molecule has 316 valence electrons. The fourth-order valence-electron chi connectivity index (χ4n) is 7.47. The molecule has 2 fully saturated rings. The van der Waals surface area contributed by atoms with Crippen LogP contribution in [-0.4, -0.2) is 143 Å². The van der Waals surface area contributed by atoms with Crippen LogP contribution in [0.15, 0.2) is 91.4 Å². The van der Waals surface area contributed by atoms with Crippen molar-refractivity contribution in [2.45, 2.75) is 0 Å². The van der Waals surface area contributed by atoms with Crippen molar-refractivity contribution in [2.75, 3.05) is 52.4 Å². The summed E-state index contributed by atoms with van der Waals surface area (Å²) in [6, 6.07) is 22.0. The summed E-state index contributed by atoms with van der Waals surface area (Å²) in [5, 5.41) is 22.4. The molecule has 4 amide bonds. The van der Waals surface area contributed by atoms with Crippen LogP contribution in [0.25, 0.3) is 33.3 Å². The number of piperazine rings is 2. The number of halogens is 2. The van der Waals surface area contributed by atoms with Crippen LogP contribution in [0.1, 0.15) is 47.0 Å². The topological polar surface area (TPSA) is 238 Å². The van der Waals surface area contributed by atoms with Crippen LogP contribution in [-0.2, 0) is 9.59 Å². The number of hydrogen-bond donors (Lipinski definition) is 3. The summed E-state index contributed by atoms with van der Waals surface area (Å²) < 4.78 is 28.9. The van der Waals surface area contributed by atoms with E-state index >= 15 is 0 Å². The van der Waals surface area contributed by atoms with Gasteiger partial charge < -0.3 is 29.6 Å². The summed E-state index contributed by atoms with van der Waals surface area (Å²) in [6.45, 7) is 1.99. The number of aromatic amines is 3. The summed E-state index contributed by atoms with van der Waals surface area (Å²) in [4.78, 5) is 92.0. The van der Waals surface area contributed by atoms with Crippen LogP contribution in [0, 0.1) is 23.0 Å². The lowest BCUT2D eigenvalue weighted by Gasteiger charge is -2.34. The normalized spacial score (nSPS) is 13.9. The van der Waals surface area contributed by atoms with Crippen molar-refractivity contribution >= 4 is 57.0 Å². The lowest BCUT2D eigenvalue weighted by molar-refractivity contribution is -0.128. The molecule has 20 heteroatoms. The number of carbonyl (C=O) groups is 6. The van der Waals surface area contributed by atoms with Crippen LogP contribution in [0.4, 0.5) is 8.78 Å². The number of carbonyl (C=O) groups excluding carboxylic acids is 6. The number of ketones is 2. The molecule has 63 heavy (non-hydrogen) atoms. The van der Waals surface area contributed by atoms with E-state index in [9.17, 15) is 37.5 Å². The van der Waals surface area contributed by atoms with Gasteiger partial charge in [-0.25, -0.2) is 13.8 Å². The first kappa shape index (κ1) is 41.3. The Bertz CT molecular complexity index is 2930. The Hall–Kier alpha value is -8.47. The molecule has 4 aromatic heterocycles.